The quantitative estimate of drug-likeness (QED) is 0.637. The third kappa shape index (κ3) is 4.95. The standard InChI is InChI=1S/C20H20N2O7S/c1-12-20(25)22-15-9-13(7-8-18(15)29-12)16(23)10-30(26,27)11-19(24)21-14-5-3-4-6-17(14)28-2/h3-9,12H,10-11H2,1-2H3,(H,21,24)(H,22,25). The van der Waals surface area contributed by atoms with Crippen LogP contribution in [0, 0.1) is 0 Å². The summed E-state index contributed by atoms with van der Waals surface area (Å²) in [6, 6.07) is 10.8. The SMILES string of the molecule is COc1ccccc1NC(=O)CS(=O)(=O)CC(=O)c1ccc2c(c1)NC(=O)C(C)O2. The molecule has 3 rings (SSSR count). The summed E-state index contributed by atoms with van der Waals surface area (Å²) in [5.41, 5.74) is 0.697. The van der Waals surface area contributed by atoms with Crippen LogP contribution in [0.25, 0.3) is 0 Å². The first-order valence-corrected chi connectivity index (χ1v) is 10.8. The lowest BCUT2D eigenvalue weighted by atomic mass is 10.1. The van der Waals surface area contributed by atoms with Crippen molar-refractivity contribution in [1.82, 2.24) is 0 Å². The fourth-order valence-electron chi connectivity index (χ4n) is 2.85. The zero-order valence-electron chi connectivity index (χ0n) is 16.3. The van der Waals surface area contributed by atoms with E-state index in [0.717, 1.165) is 0 Å². The molecule has 2 aromatic carbocycles. The first kappa shape index (κ1) is 21.3. The molecule has 30 heavy (non-hydrogen) atoms. The zero-order valence-corrected chi connectivity index (χ0v) is 17.1. The largest absolute Gasteiger partial charge is 0.495 e. The second-order valence-electron chi connectivity index (χ2n) is 6.66. The van der Waals surface area contributed by atoms with Crippen LogP contribution < -0.4 is 20.1 Å². The highest BCUT2D eigenvalue weighted by atomic mass is 32.2. The van der Waals surface area contributed by atoms with Gasteiger partial charge in [-0.15, -0.1) is 0 Å². The van der Waals surface area contributed by atoms with Crippen LogP contribution >= 0.6 is 0 Å². The molecule has 0 spiro atoms. The Balaban J connectivity index is 1.66. The first-order chi connectivity index (χ1) is 14.2. The molecule has 0 aliphatic carbocycles. The van der Waals surface area contributed by atoms with Gasteiger partial charge in [-0.3, -0.25) is 14.4 Å². The summed E-state index contributed by atoms with van der Waals surface area (Å²) in [7, 11) is -2.61. The minimum absolute atomic E-state index is 0.0842. The van der Waals surface area contributed by atoms with Gasteiger partial charge in [0.15, 0.2) is 21.7 Å². The van der Waals surface area contributed by atoms with Crippen molar-refractivity contribution in [2.45, 2.75) is 13.0 Å². The van der Waals surface area contributed by atoms with Gasteiger partial charge in [-0.2, -0.15) is 0 Å². The summed E-state index contributed by atoms with van der Waals surface area (Å²) in [4.78, 5) is 36.3. The molecule has 0 bridgehead atoms. The number of hydrogen-bond donors (Lipinski definition) is 2. The van der Waals surface area contributed by atoms with Gasteiger partial charge < -0.3 is 20.1 Å². The summed E-state index contributed by atoms with van der Waals surface area (Å²) in [6.07, 6.45) is -0.666. The molecule has 1 atom stereocenters. The zero-order chi connectivity index (χ0) is 21.9. The van der Waals surface area contributed by atoms with Crippen LogP contribution in [0.1, 0.15) is 17.3 Å². The van der Waals surface area contributed by atoms with Gasteiger partial charge in [0.25, 0.3) is 5.91 Å². The van der Waals surface area contributed by atoms with E-state index in [-0.39, 0.29) is 17.2 Å². The van der Waals surface area contributed by atoms with Crippen molar-refractivity contribution in [2.24, 2.45) is 0 Å². The monoisotopic (exact) mass is 432 g/mol. The Morgan fingerprint density at radius 1 is 1.17 bits per heavy atom. The molecule has 0 saturated carbocycles. The third-order valence-corrected chi connectivity index (χ3v) is 5.72. The number of methoxy groups -OCH3 is 1. The van der Waals surface area contributed by atoms with Crippen molar-refractivity contribution in [2.75, 3.05) is 29.2 Å². The number of ether oxygens (including phenoxy) is 2. The van der Waals surface area contributed by atoms with Gasteiger partial charge in [0.05, 0.1) is 18.5 Å². The Bertz CT molecular complexity index is 1110. The molecule has 2 amide bonds. The lowest BCUT2D eigenvalue weighted by molar-refractivity contribution is -0.122. The number of carbonyl (C=O) groups is 3. The highest BCUT2D eigenvalue weighted by molar-refractivity contribution is 7.92. The van der Waals surface area contributed by atoms with Crippen molar-refractivity contribution in [3.8, 4) is 11.5 Å². The van der Waals surface area contributed by atoms with Crippen molar-refractivity contribution in [3.63, 3.8) is 0 Å². The fraction of sp³-hybridized carbons (Fsp3) is 0.250. The molecule has 1 aliphatic rings. The maximum atomic E-state index is 12.4. The van der Waals surface area contributed by atoms with Crippen LogP contribution in [0.15, 0.2) is 42.5 Å². The van der Waals surface area contributed by atoms with Gasteiger partial charge in [-0.25, -0.2) is 8.42 Å². The molecule has 0 radical (unpaired) electrons. The molecular formula is C20H20N2O7S. The molecule has 0 saturated heterocycles. The number of hydrogen-bond acceptors (Lipinski definition) is 7. The average Bonchev–Trinajstić information content (AvgIpc) is 2.68. The van der Waals surface area contributed by atoms with Gasteiger partial charge >= 0.3 is 0 Å². The second-order valence-corrected chi connectivity index (χ2v) is 8.73. The summed E-state index contributed by atoms with van der Waals surface area (Å²) in [5, 5.41) is 5.06. The average molecular weight is 432 g/mol. The summed E-state index contributed by atoms with van der Waals surface area (Å²) in [5.74, 6) is -2.80. The molecule has 2 aromatic rings. The first-order valence-electron chi connectivity index (χ1n) is 8.96. The molecule has 158 valence electrons. The van der Waals surface area contributed by atoms with Crippen molar-refractivity contribution >= 4 is 38.8 Å². The Morgan fingerprint density at radius 3 is 2.63 bits per heavy atom. The fourth-order valence-corrected chi connectivity index (χ4v) is 3.99. The van der Waals surface area contributed by atoms with E-state index >= 15 is 0 Å². The lowest BCUT2D eigenvalue weighted by Gasteiger charge is -2.23. The Kier molecular flexibility index (Phi) is 6.06. The van der Waals surface area contributed by atoms with Crippen LogP contribution in [-0.4, -0.2) is 50.7 Å². The smallest absolute Gasteiger partial charge is 0.265 e. The Labute approximate surface area is 173 Å². The maximum Gasteiger partial charge on any atom is 0.265 e. The Hall–Kier alpha value is -3.40. The summed E-state index contributed by atoms with van der Waals surface area (Å²) in [6.45, 7) is 1.58. The van der Waals surface area contributed by atoms with Gasteiger partial charge in [0.1, 0.15) is 23.0 Å². The predicted octanol–water partition coefficient (Wildman–Crippen LogP) is 1.65. The van der Waals surface area contributed by atoms with Crippen LogP contribution in [0.2, 0.25) is 0 Å². The van der Waals surface area contributed by atoms with Crippen LogP contribution in [-0.2, 0) is 19.4 Å². The van der Waals surface area contributed by atoms with Crippen molar-refractivity contribution < 1.29 is 32.3 Å². The Morgan fingerprint density at radius 2 is 1.90 bits per heavy atom. The van der Waals surface area contributed by atoms with E-state index in [1.54, 1.807) is 31.2 Å². The minimum Gasteiger partial charge on any atom is -0.495 e. The molecule has 9 nitrogen and oxygen atoms in total. The van der Waals surface area contributed by atoms with Crippen LogP contribution in [0.3, 0.4) is 0 Å². The number of fused-ring (bicyclic) bond motifs is 1. The maximum absolute atomic E-state index is 12.4. The molecule has 1 aliphatic heterocycles. The van der Waals surface area contributed by atoms with Gasteiger partial charge in [0, 0.05) is 5.56 Å². The number of amides is 2. The molecule has 0 fully saturated rings. The van der Waals surface area contributed by atoms with Crippen LogP contribution in [0.5, 0.6) is 11.5 Å². The van der Waals surface area contributed by atoms with E-state index in [1.807, 2.05) is 0 Å². The number of Topliss-reactive ketones (excluding diaryl/α,β-unsaturated/α-hetero) is 1. The summed E-state index contributed by atoms with van der Waals surface area (Å²) < 4.78 is 35.2. The molecule has 10 heteroatoms. The summed E-state index contributed by atoms with van der Waals surface area (Å²) >= 11 is 0. The number of ketones is 1. The van der Waals surface area contributed by atoms with E-state index in [4.69, 9.17) is 9.47 Å². The molecule has 1 unspecified atom stereocenters. The molecular weight excluding hydrogens is 412 g/mol. The van der Waals surface area contributed by atoms with Gasteiger partial charge in [-0.1, -0.05) is 12.1 Å². The molecule has 2 N–H and O–H groups in total. The highest BCUT2D eigenvalue weighted by Crippen LogP contribution is 2.30. The van der Waals surface area contributed by atoms with E-state index in [2.05, 4.69) is 10.6 Å². The minimum atomic E-state index is -4.03. The van der Waals surface area contributed by atoms with Crippen molar-refractivity contribution in [3.05, 3.63) is 48.0 Å². The van der Waals surface area contributed by atoms with Crippen molar-refractivity contribution in [1.29, 1.82) is 0 Å². The number of para-hydroxylation sites is 2. The third-order valence-electron chi connectivity index (χ3n) is 4.32. The second kappa shape index (κ2) is 8.54. The normalized spacial score (nSPS) is 15.4. The van der Waals surface area contributed by atoms with E-state index in [9.17, 15) is 22.8 Å². The number of benzene rings is 2. The van der Waals surface area contributed by atoms with E-state index in [0.29, 0.717) is 17.2 Å². The molecule has 0 aromatic heterocycles. The highest BCUT2D eigenvalue weighted by Gasteiger charge is 2.26. The number of nitrogens with one attached hydrogen (secondary N) is 2. The van der Waals surface area contributed by atoms with E-state index in [1.165, 1.54) is 25.3 Å². The predicted molar refractivity (Wildman–Crippen MR) is 110 cm³/mol. The van der Waals surface area contributed by atoms with E-state index < -0.39 is 39.1 Å². The molecule has 1 heterocycles. The van der Waals surface area contributed by atoms with Crippen LogP contribution in [0.4, 0.5) is 11.4 Å². The van der Waals surface area contributed by atoms with Gasteiger partial charge in [-0.05, 0) is 37.3 Å². The topological polar surface area (TPSA) is 128 Å². The number of sulfone groups is 1. The number of anilines is 2. The number of carbonyl (C=O) groups excluding carboxylic acids is 3. The van der Waals surface area contributed by atoms with Gasteiger partial charge in [0.2, 0.25) is 5.91 Å². The number of rotatable bonds is 7. The lowest BCUT2D eigenvalue weighted by Crippen LogP contribution is -2.34.